The molecule has 2 N–H and O–H groups in total. The quantitative estimate of drug-likeness (QED) is 0.419. The predicted molar refractivity (Wildman–Crippen MR) is 131 cm³/mol. The van der Waals surface area contributed by atoms with Crippen LogP contribution < -0.4 is 14.8 Å². The average molecular weight is 533 g/mol. The Morgan fingerprint density at radius 2 is 2.03 bits per heavy atom. The zero-order valence-corrected chi connectivity index (χ0v) is 21.3. The first kappa shape index (κ1) is 26.5. The van der Waals surface area contributed by atoms with E-state index in [4.69, 9.17) is 16.3 Å². The number of halogens is 4. The monoisotopic (exact) mass is 532 g/mol. The molecule has 0 bridgehead atoms. The van der Waals surface area contributed by atoms with E-state index < -0.39 is 28.4 Å². The largest absolute Gasteiger partial charge is 0.492 e. The van der Waals surface area contributed by atoms with E-state index in [1.807, 2.05) is 18.2 Å². The van der Waals surface area contributed by atoms with E-state index in [1.165, 1.54) is 23.1 Å². The van der Waals surface area contributed by atoms with Crippen LogP contribution in [0.15, 0.2) is 41.0 Å². The van der Waals surface area contributed by atoms with Gasteiger partial charge in [0.25, 0.3) is 0 Å². The fourth-order valence-electron chi connectivity index (χ4n) is 5.58. The molecule has 1 heterocycles. The van der Waals surface area contributed by atoms with Crippen molar-refractivity contribution in [2.24, 2.45) is 11.3 Å². The van der Waals surface area contributed by atoms with Gasteiger partial charge >= 0.3 is 6.18 Å². The molecule has 0 radical (unpaired) electrons. The molecule has 0 amide bonds. The third kappa shape index (κ3) is 6.24. The smallest absolute Gasteiger partial charge is 0.390 e. The zero-order chi connectivity index (χ0) is 25.3. The summed E-state index contributed by atoms with van der Waals surface area (Å²) in [4.78, 5) is 0. The molecule has 3 aliphatic rings. The Balaban J connectivity index is 1.44. The Bertz CT molecular complexity index is 1100. The maximum atomic E-state index is 12.3. The number of fused-ring (bicyclic) bond motifs is 1. The van der Waals surface area contributed by atoms with Gasteiger partial charge in [-0.2, -0.15) is 13.2 Å². The van der Waals surface area contributed by atoms with Crippen molar-refractivity contribution in [3.05, 3.63) is 52.1 Å². The van der Waals surface area contributed by atoms with Gasteiger partial charge in [0, 0.05) is 23.0 Å². The van der Waals surface area contributed by atoms with Crippen LogP contribution in [0.25, 0.3) is 0 Å². The fraction of sp³-hybridized carbons (Fsp3) is 0.600. The molecule has 35 heavy (non-hydrogen) atoms. The molecule has 194 valence electrons. The van der Waals surface area contributed by atoms with Gasteiger partial charge in [-0.05, 0) is 67.5 Å². The molecule has 1 aliphatic heterocycles. The lowest BCUT2D eigenvalue weighted by molar-refractivity contribution is -0.129. The molecular formula is C25H32ClF3N2O3S. The van der Waals surface area contributed by atoms with Gasteiger partial charge in [0.15, 0.2) is 0 Å². The molecule has 2 aliphatic carbocycles. The van der Waals surface area contributed by atoms with Crippen LogP contribution in [0.5, 0.6) is 5.75 Å². The van der Waals surface area contributed by atoms with E-state index in [2.05, 4.69) is 29.1 Å². The Morgan fingerprint density at radius 1 is 1.26 bits per heavy atom. The molecule has 0 spiro atoms. The molecule has 1 fully saturated rings. The Kier molecular flexibility index (Phi) is 7.91. The minimum atomic E-state index is -4.51. The van der Waals surface area contributed by atoms with E-state index >= 15 is 0 Å². The number of ether oxygens (including phenoxy) is 1. The Morgan fingerprint density at radius 3 is 2.69 bits per heavy atom. The van der Waals surface area contributed by atoms with Crippen LogP contribution in [0, 0.1) is 11.3 Å². The molecule has 0 aromatic heterocycles. The van der Waals surface area contributed by atoms with Crippen LogP contribution >= 0.6 is 11.6 Å². The van der Waals surface area contributed by atoms with Crippen molar-refractivity contribution in [1.29, 1.82) is 0 Å². The third-order valence-electron chi connectivity index (χ3n) is 7.37. The van der Waals surface area contributed by atoms with Crippen LogP contribution in [0.3, 0.4) is 0 Å². The minimum Gasteiger partial charge on any atom is -0.492 e. The van der Waals surface area contributed by atoms with Crippen molar-refractivity contribution in [3.63, 3.8) is 0 Å². The SMILES string of the molecule is CC1CC(Cl)=CC=C1C1(C2NCCc3ccc(OCCNS(=O)(=O)CCC(F)(F)F)cc32)CCC1. The van der Waals surface area contributed by atoms with Gasteiger partial charge in [0.1, 0.15) is 12.4 Å². The third-order valence-corrected chi connectivity index (χ3v) is 9.03. The molecule has 5 nitrogen and oxygen atoms in total. The van der Waals surface area contributed by atoms with Crippen LogP contribution in [0.1, 0.15) is 56.2 Å². The summed E-state index contributed by atoms with van der Waals surface area (Å²) < 4.78 is 68.4. The Hall–Kier alpha value is -1.55. The van der Waals surface area contributed by atoms with Gasteiger partial charge in [-0.25, -0.2) is 13.1 Å². The maximum absolute atomic E-state index is 12.3. The summed E-state index contributed by atoms with van der Waals surface area (Å²) >= 11 is 6.29. The fourth-order valence-corrected chi connectivity index (χ4v) is 6.91. The summed E-state index contributed by atoms with van der Waals surface area (Å²) in [6, 6.07) is 6.12. The second kappa shape index (κ2) is 10.4. The van der Waals surface area contributed by atoms with Gasteiger partial charge in [0.05, 0.1) is 12.2 Å². The molecular weight excluding hydrogens is 501 g/mol. The second-order valence-electron chi connectivity index (χ2n) is 9.78. The van der Waals surface area contributed by atoms with Crippen molar-refractivity contribution >= 4 is 21.6 Å². The van der Waals surface area contributed by atoms with Gasteiger partial charge in [-0.3, -0.25) is 0 Å². The summed E-state index contributed by atoms with van der Waals surface area (Å²) in [5.41, 5.74) is 3.96. The highest BCUT2D eigenvalue weighted by Crippen LogP contribution is 2.59. The lowest BCUT2D eigenvalue weighted by Gasteiger charge is -2.53. The number of alkyl halides is 3. The molecule has 1 aromatic rings. The van der Waals surface area contributed by atoms with Crippen LogP contribution in [-0.2, 0) is 16.4 Å². The van der Waals surface area contributed by atoms with Crippen molar-refractivity contribution in [2.45, 2.75) is 57.7 Å². The normalized spacial score (nSPS) is 24.1. The highest BCUT2D eigenvalue weighted by atomic mass is 35.5. The summed E-state index contributed by atoms with van der Waals surface area (Å²) in [7, 11) is -4.01. The van der Waals surface area contributed by atoms with Gasteiger partial charge < -0.3 is 10.1 Å². The highest BCUT2D eigenvalue weighted by Gasteiger charge is 2.50. The number of allylic oxidation sites excluding steroid dienone is 3. The van der Waals surface area contributed by atoms with Crippen LogP contribution in [0.2, 0.25) is 0 Å². The molecule has 4 rings (SSSR count). The van der Waals surface area contributed by atoms with E-state index in [9.17, 15) is 21.6 Å². The number of hydrogen-bond donors (Lipinski definition) is 2. The predicted octanol–water partition coefficient (Wildman–Crippen LogP) is 5.38. The number of sulfonamides is 1. The average Bonchev–Trinajstić information content (AvgIpc) is 2.76. The van der Waals surface area contributed by atoms with Crippen LogP contribution in [-0.4, -0.2) is 40.0 Å². The Labute approximate surface area is 210 Å². The standard InChI is InChI=1S/C25H32ClF3N2O3S/c1-17-15-19(26)4-6-22(17)24(8-2-9-24)23-21-16-20(5-3-18(21)7-11-30-23)34-13-12-31-35(32,33)14-10-25(27,28)29/h3-6,16-17,23,30-31H,2,7-15H2,1H3. The topological polar surface area (TPSA) is 67.4 Å². The van der Waals surface area contributed by atoms with Crippen molar-refractivity contribution in [2.75, 3.05) is 25.4 Å². The lowest BCUT2D eigenvalue weighted by atomic mass is 9.54. The molecule has 10 heteroatoms. The lowest BCUT2D eigenvalue weighted by Crippen LogP contribution is -2.48. The van der Waals surface area contributed by atoms with Crippen molar-refractivity contribution in [3.8, 4) is 5.75 Å². The minimum absolute atomic E-state index is 0.0265. The second-order valence-corrected chi connectivity index (χ2v) is 12.2. The number of nitrogens with one attached hydrogen (secondary N) is 2. The van der Waals surface area contributed by atoms with Gasteiger partial charge in [0.2, 0.25) is 10.0 Å². The zero-order valence-electron chi connectivity index (χ0n) is 19.8. The molecule has 2 atom stereocenters. The summed E-state index contributed by atoms with van der Waals surface area (Å²) in [5.74, 6) is 0.0132. The number of rotatable bonds is 9. The van der Waals surface area contributed by atoms with E-state index in [0.717, 1.165) is 37.3 Å². The van der Waals surface area contributed by atoms with Crippen molar-refractivity contribution < 1.29 is 26.3 Å². The van der Waals surface area contributed by atoms with E-state index in [0.29, 0.717) is 11.7 Å². The van der Waals surface area contributed by atoms with E-state index in [-0.39, 0.29) is 24.6 Å². The first-order valence-corrected chi connectivity index (χ1v) is 14.1. The first-order chi connectivity index (χ1) is 16.5. The number of benzene rings is 1. The summed E-state index contributed by atoms with van der Waals surface area (Å²) in [5, 5.41) is 4.64. The van der Waals surface area contributed by atoms with Crippen molar-refractivity contribution in [1.82, 2.24) is 10.0 Å². The molecule has 1 saturated carbocycles. The van der Waals surface area contributed by atoms with Gasteiger partial charge in [-0.1, -0.05) is 42.7 Å². The highest BCUT2D eigenvalue weighted by molar-refractivity contribution is 7.89. The maximum Gasteiger partial charge on any atom is 0.390 e. The summed E-state index contributed by atoms with van der Waals surface area (Å²) in [6.45, 7) is 3.07. The van der Waals surface area contributed by atoms with Gasteiger partial charge in [-0.15, -0.1) is 0 Å². The molecule has 2 unspecified atom stereocenters. The first-order valence-electron chi connectivity index (χ1n) is 12.1. The molecule has 0 saturated heterocycles. The number of hydrogen-bond acceptors (Lipinski definition) is 4. The summed E-state index contributed by atoms with van der Waals surface area (Å²) in [6.07, 6.45) is 3.52. The molecule has 1 aromatic carbocycles. The van der Waals surface area contributed by atoms with E-state index in [1.54, 1.807) is 0 Å². The van der Waals surface area contributed by atoms with Crippen LogP contribution in [0.4, 0.5) is 13.2 Å².